The van der Waals surface area contributed by atoms with Crippen molar-refractivity contribution in [3.63, 3.8) is 0 Å². The molecule has 90 valence electrons. The fourth-order valence-corrected chi connectivity index (χ4v) is 0.738. The first-order chi connectivity index (χ1) is 7.37. The van der Waals surface area contributed by atoms with Gasteiger partial charge in [0.05, 0.1) is 12.9 Å². The van der Waals surface area contributed by atoms with Gasteiger partial charge in [0.1, 0.15) is 0 Å². The van der Waals surface area contributed by atoms with E-state index in [2.05, 4.69) is 5.32 Å². The predicted molar refractivity (Wildman–Crippen MR) is 62.8 cm³/mol. The van der Waals surface area contributed by atoms with Crippen LogP contribution in [0, 0.1) is 0 Å². The average Bonchev–Trinajstić information content (AvgIpc) is 2.15. The van der Waals surface area contributed by atoms with Crippen LogP contribution in [0.4, 0.5) is 0 Å². The van der Waals surface area contributed by atoms with Gasteiger partial charge in [-0.05, 0) is 27.7 Å². The van der Waals surface area contributed by atoms with Crippen molar-refractivity contribution in [1.29, 1.82) is 0 Å². The van der Waals surface area contributed by atoms with Gasteiger partial charge >= 0.3 is 0 Å². The minimum absolute atomic E-state index is 0.124. The molecule has 0 heterocycles. The van der Waals surface area contributed by atoms with E-state index < -0.39 is 11.6 Å². The largest absolute Gasteiger partial charge is 0.501 e. The van der Waals surface area contributed by atoms with Crippen LogP contribution in [0.15, 0.2) is 24.6 Å². The van der Waals surface area contributed by atoms with E-state index in [9.17, 15) is 9.59 Å². The van der Waals surface area contributed by atoms with Crippen LogP contribution >= 0.6 is 0 Å². The number of allylic oxidation sites excluding steroid dienone is 2. The van der Waals surface area contributed by atoms with E-state index in [1.54, 1.807) is 6.92 Å². The van der Waals surface area contributed by atoms with Crippen molar-refractivity contribution in [2.45, 2.75) is 33.2 Å². The first kappa shape index (κ1) is 14.4. The van der Waals surface area contributed by atoms with E-state index in [1.807, 2.05) is 20.8 Å². The monoisotopic (exact) mass is 225 g/mol. The lowest BCUT2D eigenvalue weighted by Gasteiger charge is -2.18. The highest BCUT2D eigenvalue weighted by atomic mass is 16.5. The normalized spacial score (nSPS) is 12.0. The summed E-state index contributed by atoms with van der Waals surface area (Å²) < 4.78 is 4.82. The van der Waals surface area contributed by atoms with Crippen molar-refractivity contribution in [1.82, 2.24) is 5.32 Å². The van der Waals surface area contributed by atoms with E-state index in [-0.39, 0.29) is 5.54 Å². The molecule has 0 saturated heterocycles. The summed E-state index contributed by atoms with van der Waals surface area (Å²) in [7, 11) is 0. The summed E-state index contributed by atoms with van der Waals surface area (Å²) in [6, 6.07) is 0. The van der Waals surface area contributed by atoms with Crippen molar-refractivity contribution < 1.29 is 14.3 Å². The van der Waals surface area contributed by atoms with Crippen LogP contribution in [0.5, 0.6) is 0 Å². The van der Waals surface area contributed by atoms with Gasteiger partial charge in [0.2, 0.25) is 11.6 Å². The molecule has 0 unspecified atom stereocenters. The molecule has 0 spiro atoms. The van der Waals surface area contributed by atoms with E-state index in [1.165, 1.54) is 18.5 Å². The van der Waals surface area contributed by atoms with E-state index in [4.69, 9.17) is 4.74 Å². The molecule has 0 fully saturated rings. The van der Waals surface area contributed by atoms with E-state index in [0.717, 1.165) is 6.08 Å². The fourth-order valence-electron chi connectivity index (χ4n) is 0.738. The third-order valence-electron chi connectivity index (χ3n) is 1.48. The van der Waals surface area contributed by atoms with Crippen LogP contribution in [0.2, 0.25) is 0 Å². The lowest BCUT2D eigenvalue weighted by atomic mass is 10.1. The van der Waals surface area contributed by atoms with Gasteiger partial charge in [-0.1, -0.05) is 0 Å². The molecular weight excluding hydrogens is 206 g/mol. The Bertz CT molecular complexity index is 298. The highest BCUT2D eigenvalue weighted by Gasteiger charge is 2.08. The smallest absolute Gasteiger partial charge is 0.228 e. The molecule has 16 heavy (non-hydrogen) atoms. The molecule has 0 aliphatic carbocycles. The maximum atomic E-state index is 11.2. The molecule has 0 aliphatic heterocycles. The highest BCUT2D eigenvalue weighted by Crippen LogP contribution is 1.97. The summed E-state index contributed by atoms with van der Waals surface area (Å²) in [4.78, 5) is 22.4. The molecule has 0 radical (unpaired) electrons. The topological polar surface area (TPSA) is 55.4 Å². The first-order valence-electron chi connectivity index (χ1n) is 5.17. The molecule has 0 aliphatic rings. The summed E-state index contributed by atoms with van der Waals surface area (Å²) in [5.41, 5.74) is -0.124. The molecule has 1 N–H and O–H groups in total. The molecule has 0 rings (SSSR count). The molecular formula is C12H19NO3. The van der Waals surface area contributed by atoms with Crippen LogP contribution in [0.25, 0.3) is 0 Å². The zero-order valence-corrected chi connectivity index (χ0v) is 10.2. The third-order valence-corrected chi connectivity index (χ3v) is 1.48. The summed E-state index contributed by atoms with van der Waals surface area (Å²) in [5.74, 6) is -1.17. The SMILES string of the molecule is CCO/C=C/C(=O)C(=O)/C=C\NC(C)(C)C. The van der Waals surface area contributed by atoms with Crippen LogP contribution < -0.4 is 5.32 Å². The molecule has 0 aromatic carbocycles. The van der Waals surface area contributed by atoms with Crippen molar-refractivity contribution in [2.75, 3.05) is 6.61 Å². The Kier molecular flexibility index (Phi) is 6.15. The second-order valence-corrected chi connectivity index (χ2v) is 4.21. The lowest BCUT2D eigenvalue weighted by molar-refractivity contribution is -0.131. The van der Waals surface area contributed by atoms with Gasteiger partial charge < -0.3 is 10.1 Å². The number of carbonyl (C=O) groups is 2. The standard InChI is InChI=1S/C12H19NO3/c1-5-16-9-7-11(15)10(14)6-8-13-12(2,3)4/h6-9,13H,5H2,1-4H3/b8-6-,9-7+. The molecule has 0 aromatic rings. The van der Waals surface area contributed by atoms with Crippen molar-refractivity contribution in [3.8, 4) is 0 Å². The molecule has 0 amide bonds. The molecule has 0 aromatic heterocycles. The van der Waals surface area contributed by atoms with Crippen molar-refractivity contribution in [3.05, 3.63) is 24.6 Å². The summed E-state index contributed by atoms with van der Waals surface area (Å²) >= 11 is 0. The van der Waals surface area contributed by atoms with Gasteiger partial charge in [0.15, 0.2) is 0 Å². The second-order valence-electron chi connectivity index (χ2n) is 4.21. The van der Waals surface area contributed by atoms with Gasteiger partial charge in [0, 0.05) is 23.9 Å². The Labute approximate surface area is 96.4 Å². The van der Waals surface area contributed by atoms with Crippen LogP contribution in [-0.2, 0) is 14.3 Å². The number of ether oxygens (including phenoxy) is 1. The Morgan fingerprint density at radius 1 is 1.19 bits per heavy atom. The minimum atomic E-state index is -0.597. The van der Waals surface area contributed by atoms with Crippen LogP contribution in [0.1, 0.15) is 27.7 Å². The zero-order valence-electron chi connectivity index (χ0n) is 10.2. The number of carbonyl (C=O) groups excluding carboxylic acids is 2. The average molecular weight is 225 g/mol. The second kappa shape index (κ2) is 6.82. The first-order valence-corrected chi connectivity index (χ1v) is 5.17. The van der Waals surface area contributed by atoms with E-state index >= 15 is 0 Å². The number of hydrogen-bond acceptors (Lipinski definition) is 4. The van der Waals surface area contributed by atoms with Gasteiger partial charge in [-0.2, -0.15) is 0 Å². The summed E-state index contributed by atoms with van der Waals surface area (Å²) in [6.45, 7) is 8.14. The number of nitrogens with one attached hydrogen (secondary N) is 1. The van der Waals surface area contributed by atoms with E-state index in [0.29, 0.717) is 6.61 Å². The maximum absolute atomic E-state index is 11.2. The van der Waals surface area contributed by atoms with Crippen LogP contribution in [0.3, 0.4) is 0 Å². The Balaban J connectivity index is 4.11. The zero-order chi connectivity index (χ0) is 12.6. The highest BCUT2D eigenvalue weighted by molar-refractivity contribution is 6.45. The Morgan fingerprint density at radius 3 is 2.25 bits per heavy atom. The predicted octanol–water partition coefficient (Wildman–Crippen LogP) is 1.58. The third kappa shape index (κ3) is 7.79. The fraction of sp³-hybridized carbons (Fsp3) is 0.500. The molecule has 0 saturated carbocycles. The molecule has 0 bridgehead atoms. The summed E-state index contributed by atoms with van der Waals surface area (Å²) in [5, 5.41) is 2.97. The molecule has 0 atom stereocenters. The number of ketones is 2. The molecule has 4 nitrogen and oxygen atoms in total. The van der Waals surface area contributed by atoms with Gasteiger partial charge in [-0.25, -0.2) is 0 Å². The Hall–Kier alpha value is -1.58. The lowest BCUT2D eigenvalue weighted by Crippen LogP contribution is -2.31. The van der Waals surface area contributed by atoms with Crippen molar-refractivity contribution >= 4 is 11.6 Å². The maximum Gasteiger partial charge on any atom is 0.228 e. The number of hydrogen-bond donors (Lipinski definition) is 1. The van der Waals surface area contributed by atoms with Crippen molar-refractivity contribution in [2.24, 2.45) is 0 Å². The van der Waals surface area contributed by atoms with Gasteiger partial charge in [0.25, 0.3) is 0 Å². The quantitative estimate of drug-likeness (QED) is 0.423. The van der Waals surface area contributed by atoms with Gasteiger partial charge in [-0.3, -0.25) is 9.59 Å². The minimum Gasteiger partial charge on any atom is -0.501 e. The number of rotatable bonds is 6. The molecule has 4 heteroatoms. The van der Waals surface area contributed by atoms with Gasteiger partial charge in [-0.15, -0.1) is 0 Å². The summed E-state index contributed by atoms with van der Waals surface area (Å²) in [6.07, 6.45) is 5.04. The Morgan fingerprint density at radius 2 is 1.75 bits per heavy atom. The van der Waals surface area contributed by atoms with Crippen LogP contribution in [-0.4, -0.2) is 23.7 Å².